The Labute approximate surface area is 172 Å². The lowest BCUT2D eigenvalue weighted by Crippen LogP contribution is -2.14. The Kier molecular flexibility index (Phi) is 5.89. The van der Waals surface area contributed by atoms with Crippen molar-refractivity contribution in [2.24, 2.45) is 17.3 Å². The van der Waals surface area contributed by atoms with Crippen LogP contribution in [-0.2, 0) is 9.53 Å². The maximum Gasteiger partial charge on any atom is 0.311 e. The van der Waals surface area contributed by atoms with E-state index in [1.165, 1.54) is 0 Å². The summed E-state index contributed by atoms with van der Waals surface area (Å²) in [7, 11) is 0. The van der Waals surface area contributed by atoms with Crippen LogP contribution in [0.15, 0.2) is 73.3 Å². The average Bonchev–Trinajstić information content (AvgIpc) is 3.26. The molecule has 0 saturated heterocycles. The van der Waals surface area contributed by atoms with Crippen molar-refractivity contribution in [1.29, 1.82) is 5.26 Å². The Morgan fingerprint density at radius 3 is 2.69 bits per heavy atom. The molecule has 1 aliphatic carbocycles. The number of esters is 1. The minimum Gasteiger partial charge on any atom is -0.457 e. The van der Waals surface area contributed by atoms with Gasteiger partial charge in [0.15, 0.2) is 0 Å². The van der Waals surface area contributed by atoms with Crippen molar-refractivity contribution in [3.8, 4) is 17.6 Å². The van der Waals surface area contributed by atoms with Crippen molar-refractivity contribution < 1.29 is 14.3 Å². The van der Waals surface area contributed by atoms with E-state index in [4.69, 9.17) is 9.47 Å². The van der Waals surface area contributed by atoms with Crippen molar-refractivity contribution in [3.05, 3.63) is 84.5 Å². The fourth-order valence-electron chi connectivity index (χ4n) is 3.58. The van der Waals surface area contributed by atoms with Crippen molar-refractivity contribution in [1.82, 2.24) is 0 Å². The first-order valence-electron chi connectivity index (χ1n) is 9.61. The van der Waals surface area contributed by atoms with Crippen molar-refractivity contribution in [3.63, 3.8) is 0 Å². The van der Waals surface area contributed by atoms with Gasteiger partial charge in [0.25, 0.3) is 0 Å². The molecule has 0 radical (unpaired) electrons. The zero-order valence-corrected chi connectivity index (χ0v) is 17.0. The molecule has 1 saturated carbocycles. The first kappa shape index (κ1) is 20.4. The van der Waals surface area contributed by atoms with Crippen LogP contribution in [0.3, 0.4) is 0 Å². The highest BCUT2D eigenvalue weighted by Gasteiger charge is 2.61. The van der Waals surface area contributed by atoms with Crippen LogP contribution < -0.4 is 4.74 Å². The summed E-state index contributed by atoms with van der Waals surface area (Å²) < 4.78 is 11.5. The van der Waals surface area contributed by atoms with E-state index in [0.29, 0.717) is 11.3 Å². The quantitative estimate of drug-likeness (QED) is 0.438. The molecule has 3 atom stereocenters. The highest BCUT2D eigenvalue weighted by molar-refractivity contribution is 5.78. The summed E-state index contributed by atoms with van der Waals surface area (Å²) in [4.78, 5) is 12.7. The topological polar surface area (TPSA) is 59.3 Å². The Bertz CT molecular complexity index is 984. The van der Waals surface area contributed by atoms with Crippen LogP contribution in [0, 0.1) is 35.5 Å². The molecular formula is C25H25NO3. The summed E-state index contributed by atoms with van der Waals surface area (Å²) in [5.74, 6) is 0.799. The van der Waals surface area contributed by atoms with Gasteiger partial charge in [0, 0.05) is 5.56 Å². The first-order chi connectivity index (χ1) is 13.9. The van der Waals surface area contributed by atoms with E-state index >= 15 is 0 Å². The summed E-state index contributed by atoms with van der Waals surface area (Å²) >= 11 is 0. The SMILES string of the molecule is C=CC=CC1C(C(=O)OC(C#N)c2cccc(Oc3ccccc3C)c2)C1(C)C. The van der Waals surface area contributed by atoms with Crippen LogP contribution in [0.25, 0.3) is 0 Å². The van der Waals surface area contributed by atoms with E-state index in [1.54, 1.807) is 24.3 Å². The number of hydrogen-bond donors (Lipinski definition) is 0. The van der Waals surface area contributed by atoms with Crippen LogP contribution in [0.1, 0.15) is 31.1 Å². The summed E-state index contributed by atoms with van der Waals surface area (Å²) in [5.41, 5.74) is 1.41. The molecule has 0 bridgehead atoms. The summed E-state index contributed by atoms with van der Waals surface area (Å²) in [6, 6.07) is 16.9. The second kappa shape index (κ2) is 8.36. The molecule has 3 rings (SSSR count). The molecule has 2 aromatic rings. The van der Waals surface area contributed by atoms with E-state index in [1.807, 2.05) is 63.3 Å². The third-order valence-corrected chi connectivity index (χ3v) is 5.45. The van der Waals surface area contributed by atoms with Gasteiger partial charge in [0.2, 0.25) is 6.10 Å². The highest BCUT2D eigenvalue weighted by Crippen LogP contribution is 2.59. The molecule has 1 aliphatic rings. The lowest BCUT2D eigenvalue weighted by atomic mass is 10.1. The Morgan fingerprint density at radius 2 is 2.00 bits per heavy atom. The molecule has 0 amide bonds. The lowest BCUT2D eigenvalue weighted by molar-refractivity contribution is -0.149. The van der Waals surface area contributed by atoms with Crippen LogP contribution in [0.2, 0.25) is 0 Å². The van der Waals surface area contributed by atoms with Gasteiger partial charge in [0.1, 0.15) is 17.6 Å². The number of hydrogen-bond acceptors (Lipinski definition) is 4. The number of nitrogens with zero attached hydrogens (tertiary/aromatic N) is 1. The third kappa shape index (κ3) is 4.41. The Hall–Kier alpha value is -3.32. The number of carbonyl (C=O) groups excluding carboxylic acids is 1. The van der Waals surface area contributed by atoms with Gasteiger partial charge in [-0.3, -0.25) is 4.79 Å². The molecular weight excluding hydrogens is 362 g/mol. The van der Waals surface area contributed by atoms with Gasteiger partial charge in [-0.05, 0) is 42.0 Å². The predicted molar refractivity (Wildman–Crippen MR) is 112 cm³/mol. The van der Waals surface area contributed by atoms with E-state index in [-0.39, 0.29) is 23.2 Å². The normalized spacial score (nSPS) is 20.5. The van der Waals surface area contributed by atoms with Crippen LogP contribution in [0.5, 0.6) is 11.5 Å². The van der Waals surface area contributed by atoms with Gasteiger partial charge >= 0.3 is 5.97 Å². The number of benzene rings is 2. The number of ether oxygens (including phenoxy) is 2. The minimum atomic E-state index is -0.983. The second-order valence-corrected chi connectivity index (χ2v) is 7.83. The third-order valence-electron chi connectivity index (χ3n) is 5.45. The van der Waals surface area contributed by atoms with Crippen molar-refractivity contribution in [2.45, 2.75) is 26.9 Å². The summed E-state index contributed by atoms with van der Waals surface area (Å²) in [5, 5.41) is 9.60. The molecule has 1 fully saturated rings. The zero-order valence-electron chi connectivity index (χ0n) is 17.0. The van der Waals surface area contributed by atoms with E-state index in [2.05, 4.69) is 12.6 Å². The smallest absolute Gasteiger partial charge is 0.311 e. The standard InChI is InChI=1S/C25H25NO3/c1-5-6-13-20-23(25(20,3)4)24(27)29-22(16-26)18-11-9-12-19(15-18)28-21-14-8-7-10-17(21)2/h5-15,20,22-23H,1H2,2-4H3. The van der Waals surface area contributed by atoms with Gasteiger partial charge in [-0.2, -0.15) is 5.26 Å². The van der Waals surface area contributed by atoms with Gasteiger partial charge in [-0.15, -0.1) is 0 Å². The Morgan fingerprint density at radius 1 is 1.24 bits per heavy atom. The first-order valence-corrected chi connectivity index (χ1v) is 9.61. The molecule has 0 spiro atoms. The average molecular weight is 387 g/mol. The maximum absolute atomic E-state index is 12.7. The highest BCUT2D eigenvalue weighted by atomic mass is 16.5. The van der Waals surface area contributed by atoms with Crippen LogP contribution in [0.4, 0.5) is 0 Å². The Balaban J connectivity index is 1.73. The predicted octanol–water partition coefficient (Wildman–Crippen LogP) is 5.91. The van der Waals surface area contributed by atoms with E-state index < -0.39 is 6.10 Å². The molecule has 0 aliphatic heterocycles. The fraction of sp³-hybridized carbons (Fsp3) is 0.280. The number of para-hydroxylation sites is 1. The van der Waals surface area contributed by atoms with Crippen LogP contribution in [-0.4, -0.2) is 5.97 Å². The molecule has 4 nitrogen and oxygen atoms in total. The molecule has 3 unspecified atom stereocenters. The van der Waals surface area contributed by atoms with Gasteiger partial charge in [-0.1, -0.05) is 69.0 Å². The maximum atomic E-state index is 12.7. The molecule has 0 aromatic heterocycles. The second-order valence-electron chi connectivity index (χ2n) is 7.83. The number of allylic oxidation sites excluding steroid dienone is 3. The fourth-order valence-corrected chi connectivity index (χ4v) is 3.58. The largest absolute Gasteiger partial charge is 0.457 e. The minimum absolute atomic E-state index is 0.0862. The molecule has 29 heavy (non-hydrogen) atoms. The number of carbonyl (C=O) groups is 1. The van der Waals surface area contributed by atoms with Gasteiger partial charge < -0.3 is 9.47 Å². The van der Waals surface area contributed by atoms with E-state index in [0.717, 1.165) is 11.3 Å². The monoisotopic (exact) mass is 387 g/mol. The molecule has 0 N–H and O–H groups in total. The van der Waals surface area contributed by atoms with Crippen molar-refractivity contribution in [2.75, 3.05) is 0 Å². The van der Waals surface area contributed by atoms with Crippen LogP contribution >= 0.6 is 0 Å². The van der Waals surface area contributed by atoms with E-state index in [9.17, 15) is 10.1 Å². The van der Waals surface area contributed by atoms with Crippen molar-refractivity contribution >= 4 is 5.97 Å². The number of rotatable bonds is 7. The number of nitriles is 1. The zero-order chi connectivity index (χ0) is 21.0. The molecule has 4 heteroatoms. The number of aryl methyl sites for hydroxylation is 1. The van der Waals surface area contributed by atoms with Gasteiger partial charge in [0.05, 0.1) is 5.92 Å². The summed E-state index contributed by atoms with van der Waals surface area (Å²) in [6.45, 7) is 9.68. The molecule has 148 valence electrons. The lowest BCUT2D eigenvalue weighted by Gasteiger charge is -2.14. The molecule has 0 heterocycles. The summed E-state index contributed by atoms with van der Waals surface area (Å²) in [6.07, 6.45) is 4.52. The van der Waals surface area contributed by atoms with Gasteiger partial charge in [-0.25, -0.2) is 0 Å². The molecule has 2 aromatic carbocycles.